The minimum atomic E-state index is -4.58. The summed E-state index contributed by atoms with van der Waals surface area (Å²) in [4.78, 5) is 9.98. The van der Waals surface area contributed by atoms with E-state index in [4.69, 9.17) is 15.5 Å². The van der Waals surface area contributed by atoms with E-state index >= 15 is 0 Å². The number of aromatic hydroxyl groups is 1. The topological polar surface area (TPSA) is 150 Å². The molecule has 0 aromatic heterocycles. The molecule has 0 unspecified atom stereocenters. The third-order valence-corrected chi connectivity index (χ3v) is 2.60. The summed E-state index contributed by atoms with van der Waals surface area (Å²) in [5.41, 5.74) is 0.896. The first kappa shape index (κ1) is 12.2. The number of phenols is 1. The Morgan fingerprint density at radius 3 is 2.31 bits per heavy atom. The second kappa shape index (κ2) is 3.96. The van der Waals surface area contributed by atoms with Crippen LogP contribution in [0, 0.1) is 0 Å². The zero-order chi connectivity index (χ0) is 12.5. The second-order valence-electron chi connectivity index (χ2n) is 2.79. The van der Waals surface area contributed by atoms with Crippen molar-refractivity contribution < 1.29 is 28.0 Å². The van der Waals surface area contributed by atoms with E-state index in [-0.39, 0.29) is 5.69 Å². The number of carbonyl (C=O) groups is 1. The summed E-state index contributed by atoms with van der Waals surface area (Å²) in [7, 11) is -4.58. The number of nitrogens with one attached hydrogen (secondary N) is 1. The highest BCUT2D eigenvalue weighted by Crippen LogP contribution is 2.30. The first-order valence-electron chi connectivity index (χ1n) is 3.81. The zero-order valence-corrected chi connectivity index (χ0v) is 8.52. The number of anilines is 1. The van der Waals surface area contributed by atoms with Gasteiger partial charge >= 0.3 is 5.97 Å². The van der Waals surface area contributed by atoms with Gasteiger partial charge in [0.25, 0.3) is 10.1 Å². The highest BCUT2D eigenvalue weighted by Gasteiger charge is 2.20. The van der Waals surface area contributed by atoms with Gasteiger partial charge in [-0.25, -0.2) is 4.79 Å². The van der Waals surface area contributed by atoms with Crippen LogP contribution < -0.4 is 11.3 Å². The molecule has 0 atom stereocenters. The van der Waals surface area contributed by atoms with Gasteiger partial charge in [-0.1, -0.05) is 0 Å². The number of nitrogen functional groups attached to an aromatic ring is 1. The van der Waals surface area contributed by atoms with Crippen molar-refractivity contribution in [2.45, 2.75) is 4.90 Å². The lowest BCUT2D eigenvalue weighted by atomic mass is 10.2. The number of hydrogen-bond donors (Lipinski definition) is 5. The summed E-state index contributed by atoms with van der Waals surface area (Å²) in [5.74, 6) is 2.68. The quantitative estimate of drug-likeness (QED) is 0.210. The normalized spacial score (nSPS) is 11.1. The smallest absolute Gasteiger partial charge is 0.339 e. The Morgan fingerprint density at radius 1 is 1.38 bits per heavy atom. The number of hydrogen-bond acceptors (Lipinski definition) is 6. The molecule has 1 rings (SSSR count). The summed E-state index contributed by atoms with van der Waals surface area (Å²) < 4.78 is 30.3. The molecule has 0 aliphatic heterocycles. The molecular formula is C7H8N2O6S. The summed E-state index contributed by atoms with van der Waals surface area (Å²) in [6, 6.07) is 1.42. The molecule has 1 aromatic rings. The lowest BCUT2D eigenvalue weighted by molar-refractivity contribution is 0.0693. The Balaban J connectivity index is 3.59. The van der Waals surface area contributed by atoms with E-state index in [1.165, 1.54) is 0 Å². The zero-order valence-electron chi connectivity index (χ0n) is 7.71. The fourth-order valence-corrected chi connectivity index (χ4v) is 1.56. The number of carboxylic acid groups (broad SMARTS) is 1. The van der Waals surface area contributed by atoms with Gasteiger partial charge in [-0.15, -0.1) is 0 Å². The van der Waals surface area contributed by atoms with Crippen molar-refractivity contribution in [3.05, 3.63) is 17.7 Å². The highest BCUT2D eigenvalue weighted by molar-refractivity contribution is 7.85. The third kappa shape index (κ3) is 2.21. The van der Waals surface area contributed by atoms with Crippen LogP contribution in [0.15, 0.2) is 17.0 Å². The second-order valence-corrected chi connectivity index (χ2v) is 4.21. The van der Waals surface area contributed by atoms with Crippen LogP contribution >= 0.6 is 0 Å². The molecule has 0 amide bonds. The molecule has 0 aliphatic carbocycles. The van der Waals surface area contributed by atoms with Gasteiger partial charge in [-0.05, 0) is 12.1 Å². The standard InChI is InChI=1S/C7H8N2O6S/c8-9-5-2-3(16(13,14)15)1-4(6(5)10)7(11)12/h1-2,9-10H,8H2,(H,11,12)(H,13,14,15). The minimum Gasteiger partial charge on any atom is -0.505 e. The van der Waals surface area contributed by atoms with Crippen LogP contribution in [0.4, 0.5) is 5.69 Å². The maximum Gasteiger partial charge on any atom is 0.339 e. The maximum atomic E-state index is 10.8. The van der Waals surface area contributed by atoms with E-state index in [0.717, 1.165) is 6.07 Å². The van der Waals surface area contributed by atoms with Crippen LogP contribution in [0.25, 0.3) is 0 Å². The van der Waals surface area contributed by atoms with E-state index in [0.29, 0.717) is 6.07 Å². The molecule has 1 aromatic carbocycles. The molecule has 0 saturated carbocycles. The summed E-state index contributed by atoms with van der Waals surface area (Å²) in [6.45, 7) is 0. The van der Waals surface area contributed by atoms with Gasteiger partial charge in [0.15, 0.2) is 5.75 Å². The van der Waals surface area contributed by atoms with Crippen LogP contribution in [0.5, 0.6) is 5.75 Å². The first-order valence-corrected chi connectivity index (χ1v) is 5.25. The van der Waals surface area contributed by atoms with Crippen molar-refractivity contribution in [3.8, 4) is 5.75 Å². The summed E-state index contributed by atoms with van der Waals surface area (Å²) in [6.07, 6.45) is 0. The summed E-state index contributed by atoms with van der Waals surface area (Å²) in [5, 5.41) is 18.0. The molecule has 8 nitrogen and oxygen atoms in total. The average Bonchev–Trinajstić information content (AvgIpc) is 2.15. The molecule has 0 spiro atoms. The van der Waals surface area contributed by atoms with Crippen molar-refractivity contribution in [1.82, 2.24) is 0 Å². The highest BCUT2D eigenvalue weighted by atomic mass is 32.2. The van der Waals surface area contributed by atoms with E-state index in [2.05, 4.69) is 0 Å². The fourth-order valence-electron chi connectivity index (χ4n) is 1.03. The van der Waals surface area contributed by atoms with Crippen LogP contribution in [0.1, 0.15) is 10.4 Å². The van der Waals surface area contributed by atoms with Gasteiger partial charge in [0.1, 0.15) is 5.56 Å². The van der Waals surface area contributed by atoms with Gasteiger partial charge < -0.3 is 15.6 Å². The molecule has 0 radical (unpaired) electrons. The van der Waals surface area contributed by atoms with E-state index in [1.807, 2.05) is 5.43 Å². The molecule has 0 aliphatic rings. The van der Waals surface area contributed by atoms with E-state index in [9.17, 15) is 18.3 Å². The van der Waals surface area contributed by atoms with Crippen molar-refractivity contribution in [2.24, 2.45) is 5.84 Å². The van der Waals surface area contributed by atoms with Crippen LogP contribution in [0.2, 0.25) is 0 Å². The Hall–Kier alpha value is -1.84. The minimum absolute atomic E-state index is 0.326. The molecule has 0 saturated heterocycles. The van der Waals surface area contributed by atoms with Crippen molar-refractivity contribution in [3.63, 3.8) is 0 Å². The Kier molecular flexibility index (Phi) is 3.03. The first-order chi connectivity index (χ1) is 7.27. The summed E-state index contributed by atoms with van der Waals surface area (Å²) >= 11 is 0. The van der Waals surface area contributed by atoms with Gasteiger partial charge in [0, 0.05) is 0 Å². The molecule has 9 heteroatoms. The number of benzene rings is 1. The SMILES string of the molecule is NNc1cc(S(=O)(=O)O)cc(C(=O)O)c1O. The molecule has 6 N–H and O–H groups in total. The van der Waals surface area contributed by atoms with Crippen molar-refractivity contribution in [1.29, 1.82) is 0 Å². The predicted molar refractivity (Wildman–Crippen MR) is 52.7 cm³/mol. The number of carboxylic acids is 1. The molecule has 0 heterocycles. The largest absolute Gasteiger partial charge is 0.505 e. The van der Waals surface area contributed by atoms with E-state index in [1.54, 1.807) is 0 Å². The number of hydrazine groups is 1. The van der Waals surface area contributed by atoms with Crippen LogP contribution in [-0.2, 0) is 10.1 Å². The van der Waals surface area contributed by atoms with Crippen LogP contribution in [0.3, 0.4) is 0 Å². The monoisotopic (exact) mass is 248 g/mol. The molecular weight excluding hydrogens is 240 g/mol. The third-order valence-electron chi connectivity index (χ3n) is 1.77. The number of nitrogens with two attached hydrogens (primary N) is 1. The van der Waals surface area contributed by atoms with Crippen molar-refractivity contribution >= 4 is 21.8 Å². The van der Waals surface area contributed by atoms with Gasteiger partial charge in [0.2, 0.25) is 0 Å². The Morgan fingerprint density at radius 2 is 1.94 bits per heavy atom. The molecule has 0 fully saturated rings. The van der Waals surface area contributed by atoms with Gasteiger partial charge in [-0.2, -0.15) is 8.42 Å². The van der Waals surface area contributed by atoms with Gasteiger partial charge in [-0.3, -0.25) is 10.4 Å². The lowest BCUT2D eigenvalue weighted by Crippen LogP contribution is -2.11. The molecule has 0 bridgehead atoms. The van der Waals surface area contributed by atoms with Gasteiger partial charge in [0.05, 0.1) is 10.6 Å². The number of aromatic carboxylic acids is 1. The number of rotatable bonds is 3. The Bertz CT molecular complexity index is 538. The lowest BCUT2D eigenvalue weighted by Gasteiger charge is -2.08. The predicted octanol–water partition coefficient (Wildman–Crippen LogP) is -0.377. The van der Waals surface area contributed by atoms with Crippen LogP contribution in [-0.4, -0.2) is 29.2 Å². The maximum absolute atomic E-state index is 10.8. The van der Waals surface area contributed by atoms with E-state index < -0.39 is 32.3 Å². The molecule has 16 heavy (non-hydrogen) atoms. The Labute approximate surface area is 90.0 Å². The molecule has 88 valence electrons. The van der Waals surface area contributed by atoms with Crippen molar-refractivity contribution in [2.75, 3.05) is 5.43 Å². The average molecular weight is 248 g/mol. The fraction of sp³-hybridized carbons (Fsp3) is 0.